The lowest BCUT2D eigenvalue weighted by atomic mass is 9.86. The van der Waals surface area contributed by atoms with Gasteiger partial charge in [0.15, 0.2) is 0 Å². The third-order valence-electron chi connectivity index (χ3n) is 5.67. The summed E-state index contributed by atoms with van der Waals surface area (Å²) < 4.78 is 11.9. The van der Waals surface area contributed by atoms with E-state index in [0.29, 0.717) is 25.3 Å². The maximum atomic E-state index is 12.5. The van der Waals surface area contributed by atoms with Crippen LogP contribution in [0.3, 0.4) is 0 Å². The summed E-state index contributed by atoms with van der Waals surface area (Å²) in [7, 11) is 0. The van der Waals surface area contributed by atoms with Crippen molar-refractivity contribution in [2.45, 2.75) is 71.6 Å². The third-order valence-corrected chi connectivity index (χ3v) is 5.67. The Balaban J connectivity index is 1.56. The van der Waals surface area contributed by atoms with E-state index < -0.39 is 12.0 Å². The second kappa shape index (κ2) is 9.89. The summed E-state index contributed by atoms with van der Waals surface area (Å²) in [6.07, 6.45) is 3.40. The minimum Gasteiger partial charge on any atom is -0.480 e. The molecule has 7 nitrogen and oxygen atoms in total. The van der Waals surface area contributed by atoms with E-state index in [0.717, 1.165) is 36.3 Å². The van der Waals surface area contributed by atoms with Crippen LogP contribution in [-0.4, -0.2) is 34.1 Å². The first-order valence-corrected chi connectivity index (χ1v) is 10.6. The van der Waals surface area contributed by atoms with Crippen LogP contribution >= 0.6 is 0 Å². The van der Waals surface area contributed by atoms with Crippen LogP contribution < -0.4 is 5.32 Å². The van der Waals surface area contributed by atoms with Crippen molar-refractivity contribution in [2.75, 3.05) is 0 Å². The lowest BCUT2D eigenvalue weighted by Gasteiger charge is -2.29. The van der Waals surface area contributed by atoms with Crippen molar-refractivity contribution in [3.63, 3.8) is 0 Å². The summed E-state index contributed by atoms with van der Waals surface area (Å²) in [6, 6.07) is 7.17. The van der Waals surface area contributed by atoms with Crippen molar-refractivity contribution >= 4 is 11.9 Å². The van der Waals surface area contributed by atoms with E-state index in [9.17, 15) is 9.59 Å². The molecule has 1 aliphatic carbocycles. The van der Waals surface area contributed by atoms with Crippen molar-refractivity contribution in [2.24, 2.45) is 5.92 Å². The van der Waals surface area contributed by atoms with Crippen LogP contribution in [-0.2, 0) is 20.9 Å². The van der Waals surface area contributed by atoms with E-state index in [-0.39, 0.29) is 17.9 Å². The van der Waals surface area contributed by atoms with Gasteiger partial charge < -0.3 is 19.6 Å². The molecule has 2 N–H and O–H groups in total. The fraction of sp³-hybridized carbons (Fsp3) is 0.522. The number of aromatic nitrogens is 1. The molecular formula is C23H30N2O5. The first-order chi connectivity index (χ1) is 14.4. The molecule has 2 aromatic rings. The maximum absolute atomic E-state index is 12.5. The lowest BCUT2D eigenvalue weighted by Crippen LogP contribution is -2.44. The fourth-order valence-corrected chi connectivity index (χ4v) is 3.74. The Kier molecular flexibility index (Phi) is 7.26. The highest BCUT2D eigenvalue weighted by Crippen LogP contribution is 2.28. The van der Waals surface area contributed by atoms with Gasteiger partial charge in [-0.1, -0.05) is 31.0 Å². The van der Waals surface area contributed by atoms with E-state index >= 15 is 0 Å². The van der Waals surface area contributed by atoms with Gasteiger partial charge in [0.05, 0.1) is 12.7 Å². The SMILES string of the molecule is CCC(NC(=O)[C@@H]1CCC[C@H](OCc2nc(-c3ccc(C)cc3)oc2C)C1)C(=O)O. The second-order valence-corrected chi connectivity index (χ2v) is 7.99. The van der Waals surface area contributed by atoms with E-state index in [1.54, 1.807) is 6.92 Å². The Hall–Kier alpha value is -2.67. The van der Waals surface area contributed by atoms with Crippen molar-refractivity contribution < 1.29 is 23.8 Å². The summed E-state index contributed by atoms with van der Waals surface area (Å²) in [4.78, 5) is 28.2. The zero-order valence-electron chi connectivity index (χ0n) is 17.8. The van der Waals surface area contributed by atoms with Gasteiger partial charge in [-0.2, -0.15) is 0 Å². The molecule has 1 aromatic carbocycles. The highest BCUT2D eigenvalue weighted by atomic mass is 16.5. The molecule has 1 saturated carbocycles. The predicted molar refractivity (Wildman–Crippen MR) is 112 cm³/mol. The number of oxazole rings is 1. The average Bonchev–Trinajstić information content (AvgIpc) is 3.11. The normalized spacial score (nSPS) is 20.0. The minimum absolute atomic E-state index is 0.0571. The number of carboxylic acids is 1. The largest absolute Gasteiger partial charge is 0.480 e. The number of carbonyl (C=O) groups excluding carboxylic acids is 1. The molecule has 0 radical (unpaired) electrons. The fourth-order valence-electron chi connectivity index (χ4n) is 3.74. The molecule has 1 aromatic heterocycles. The Morgan fingerprint density at radius 3 is 2.67 bits per heavy atom. The molecule has 1 fully saturated rings. The zero-order chi connectivity index (χ0) is 21.7. The average molecular weight is 415 g/mol. The Bertz CT molecular complexity index is 874. The van der Waals surface area contributed by atoms with Crippen LogP contribution in [0.25, 0.3) is 11.5 Å². The summed E-state index contributed by atoms with van der Waals surface area (Å²) in [6.45, 7) is 5.98. The molecule has 3 rings (SSSR count). The van der Waals surface area contributed by atoms with Crippen LogP contribution in [0.15, 0.2) is 28.7 Å². The number of aryl methyl sites for hydroxylation is 2. The van der Waals surface area contributed by atoms with Crippen molar-refractivity contribution in [1.29, 1.82) is 0 Å². The van der Waals surface area contributed by atoms with Gasteiger partial charge in [-0.05, 0) is 51.7 Å². The number of aliphatic carboxylic acids is 1. The Morgan fingerprint density at radius 2 is 2.00 bits per heavy atom. The van der Waals surface area contributed by atoms with Crippen LogP contribution in [0, 0.1) is 19.8 Å². The number of carbonyl (C=O) groups is 2. The summed E-state index contributed by atoms with van der Waals surface area (Å²) in [5.41, 5.74) is 2.86. The molecule has 1 unspecified atom stereocenters. The van der Waals surface area contributed by atoms with Gasteiger partial charge in [-0.3, -0.25) is 4.79 Å². The van der Waals surface area contributed by atoms with Crippen molar-refractivity contribution in [3.05, 3.63) is 41.3 Å². The topological polar surface area (TPSA) is 102 Å². The van der Waals surface area contributed by atoms with E-state index in [1.165, 1.54) is 5.56 Å². The summed E-state index contributed by atoms with van der Waals surface area (Å²) in [5.74, 6) is -0.120. The minimum atomic E-state index is -1.000. The molecule has 0 aliphatic heterocycles. The number of hydrogen-bond donors (Lipinski definition) is 2. The molecule has 1 heterocycles. The third kappa shape index (κ3) is 5.48. The standard InChI is InChI=1S/C23H30N2O5/c1-4-19(23(27)28)24-21(26)17-6-5-7-18(12-17)29-13-20-15(3)30-22(25-20)16-10-8-14(2)9-11-16/h8-11,17-19H,4-7,12-13H2,1-3H3,(H,24,26)(H,27,28)/t17-,18+,19?/m1/s1. The number of carboxylic acid groups (broad SMARTS) is 1. The van der Waals surface area contributed by atoms with E-state index in [1.807, 2.05) is 38.1 Å². The highest BCUT2D eigenvalue weighted by molar-refractivity contribution is 5.85. The Labute approximate surface area is 176 Å². The van der Waals surface area contributed by atoms with E-state index in [2.05, 4.69) is 10.3 Å². The van der Waals surface area contributed by atoms with Gasteiger partial charge in [-0.25, -0.2) is 9.78 Å². The molecule has 3 atom stereocenters. The predicted octanol–water partition coefficient (Wildman–Crippen LogP) is 4.01. The molecule has 0 spiro atoms. The molecule has 1 aliphatic rings. The molecule has 7 heteroatoms. The second-order valence-electron chi connectivity index (χ2n) is 7.99. The van der Waals surface area contributed by atoms with Gasteiger partial charge in [0.2, 0.25) is 11.8 Å². The number of rotatable bonds is 8. The Morgan fingerprint density at radius 1 is 1.27 bits per heavy atom. The number of nitrogens with zero attached hydrogens (tertiary/aromatic N) is 1. The number of amides is 1. The number of benzene rings is 1. The van der Waals surface area contributed by atoms with Gasteiger partial charge in [0, 0.05) is 11.5 Å². The maximum Gasteiger partial charge on any atom is 0.326 e. The molecule has 30 heavy (non-hydrogen) atoms. The van der Waals surface area contributed by atoms with Crippen molar-refractivity contribution in [1.82, 2.24) is 10.3 Å². The molecular weight excluding hydrogens is 384 g/mol. The van der Waals surface area contributed by atoms with Crippen LogP contribution in [0.2, 0.25) is 0 Å². The summed E-state index contributed by atoms with van der Waals surface area (Å²) >= 11 is 0. The van der Waals surface area contributed by atoms with Crippen LogP contribution in [0.4, 0.5) is 0 Å². The first-order valence-electron chi connectivity index (χ1n) is 10.6. The van der Waals surface area contributed by atoms with Gasteiger partial charge in [0.25, 0.3) is 0 Å². The van der Waals surface area contributed by atoms with Crippen molar-refractivity contribution in [3.8, 4) is 11.5 Å². The molecule has 162 valence electrons. The number of ether oxygens (including phenoxy) is 1. The van der Waals surface area contributed by atoms with Crippen LogP contribution in [0.1, 0.15) is 56.0 Å². The summed E-state index contributed by atoms with van der Waals surface area (Å²) in [5, 5.41) is 11.8. The number of nitrogens with one attached hydrogen (secondary N) is 1. The zero-order valence-corrected chi connectivity index (χ0v) is 17.8. The smallest absolute Gasteiger partial charge is 0.326 e. The quantitative estimate of drug-likeness (QED) is 0.677. The van der Waals surface area contributed by atoms with Gasteiger partial charge >= 0.3 is 5.97 Å². The highest BCUT2D eigenvalue weighted by Gasteiger charge is 2.30. The van der Waals surface area contributed by atoms with Crippen LogP contribution in [0.5, 0.6) is 0 Å². The number of hydrogen-bond acceptors (Lipinski definition) is 5. The molecule has 1 amide bonds. The van der Waals surface area contributed by atoms with Gasteiger partial charge in [-0.15, -0.1) is 0 Å². The monoisotopic (exact) mass is 414 g/mol. The first kappa shape index (κ1) is 22.0. The molecule has 0 bridgehead atoms. The van der Waals surface area contributed by atoms with Gasteiger partial charge in [0.1, 0.15) is 17.5 Å². The van der Waals surface area contributed by atoms with E-state index in [4.69, 9.17) is 14.3 Å². The lowest BCUT2D eigenvalue weighted by molar-refractivity contribution is -0.143. The molecule has 0 saturated heterocycles.